The zero-order chi connectivity index (χ0) is 13.5. The van der Waals surface area contributed by atoms with Gasteiger partial charge in [-0.2, -0.15) is 0 Å². The van der Waals surface area contributed by atoms with Gasteiger partial charge in [0.25, 0.3) is 0 Å². The number of aryl methyl sites for hydroxylation is 1. The molecule has 1 N–H and O–H groups in total. The van der Waals surface area contributed by atoms with Crippen LogP contribution in [0.2, 0.25) is 0 Å². The van der Waals surface area contributed by atoms with Gasteiger partial charge in [-0.1, -0.05) is 33.1 Å². The number of fused-ring (bicyclic) bond motifs is 1. The van der Waals surface area contributed by atoms with Gasteiger partial charge >= 0.3 is 0 Å². The summed E-state index contributed by atoms with van der Waals surface area (Å²) in [7, 11) is 0. The van der Waals surface area contributed by atoms with E-state index >= 15 is 0 Å². The van der Waals surface area contributed by atoms with E-state index in [1.165, 1.54) is 49.8 Å². The highest BCUT2D eigenvalue weighted by Gasteiger charge is 2.35. The molecule has 0 bridgehead atoms. The highest BCUT2D eigenvalue weighted by molar-refractivity contribution is 5.29. The van der Waals surface area contributed by atoms with Gasteiger partial charge in [0, 0.05) is 24.1 Å². The summed E-state index contributed by atoms with van der Waals surface area (Å²) < 4.78 is 5.92. The van der Waals surface area contributed by atoms with Crippen molar-refractivity contribution in [1.29, 1.82) is 0 Å². The Morgan fingerprint density at radius 3 is 2.68 bits per heavy atom. The predicted octanol–water partition coefficient (Wildman–Crippen LogP) is 4.52. The first kappa shape index (κ1) is 13.2. The lowest BCUT2D eigenvalue weighted by Gasteiger charge is -2.37. The summed E-state index contributed by atoms with van der Waals surface area (Å²) in [5, 5.41) is 3.92. The molecule has 1 unspecified atom stereocenters. The average Bonchev–Trinajstić information content (AvgIpc) is 2.69. The van der Waals surface area contributed by atoms with Crippen molar-refractivity contribution >= 4 is 0 Å². The van der Waals surface area contributed by atoms with Gasteiger partial charge < -0.3 is 9.73 Å². The highest BCUT2D eigenvalue weighted by atomic mass is 16.3. The molecule has 3 rings (SSSR count). The monoisotopic (exact) mass is 261 g/mol. The van der Waals surface area contributed by atoms with Crippen LogP contribution in [0.3, 0.4) is 0 Å². The molecule has 1 atom stereocenters. The first-order valence-corrected chi connectivity index (χ1v) is 7.89. The Kier molecular flexibility index (Phi) is 3.46. The van der Waals surface area contributed by atoms with Crippen LogP contribution >= 0.6 is 0 Å². The molecule has 2 aliphatic rings. The van der Waals surface area contributed by atoms with Crippen molar-refractivity contribution in [2.24, 2.45) is 5.41 Å². The molecule has 1 aromatic rings. The van der Waals surface area contributed by atoms with E-state index in [9.17, 15) is 0 Å². The molecule has 0 saturated heterocycles. The van der Waals surface area contributed by atoms with E-state index in [0.29, 0.717) is 11.5 Å². The lowest BCUT2D eigenvalue weighted by Crippen LogP contribution is -2.39. The SMILES string of the molecule is Cc1cc2c(o1)CC(C)(C)CC2NC1CCCCC1. The molecule has 0 spiro atoms. The first-order chi connectivity index (χ1) is 9.03. The Hall–Kier alpha value is -0.760. The molecule has 1 saturated carbocycles. The third-order valence-corrected chi connectivity index (χ3v) is 4.78. The molecule has 0 aromatic carbocycles. The highest BCUT2D eigenvalue weighted by Crippen LogP contribution is 2.42. The smallest absolute Gasteiger partial charge is 0.109 e. The minimum absolute atomic E-state index is 0.351. The molecule has 106 valence electrons. The Morgan fingerprint density at radius 2 is 1.95 bits per heavy atom. The maximum absolute atomic E-state index is 5.92. The van der Waals surface area contributed by atoms with Crippen LogP contribution in [0.5, 0.6) is 0 Å². The first-order valence-electron chi connectivity index (χ1n) is 7.89. The molecule has 19 heavy (non-hydrogen) atoms. The van der Waals surface area contributed by atoms with Crippen LogP contribution in [0.25, 0.3) is 0 Å². The van der Waals surface area contributed by atoms with E-state index < -0.39 is 0 Å². The Labute approximate surface area is 117 Å². The summed E-state index contributed by atoms with van der Waals surface area (Å²) in [6.45, 7) is 6.80. The number of hydrogen-bond donors (Lipinski definition) is 1. The van der Waals surface area contributed by atoms with Gasteiger partial charge in [0.1, 0.15) is 11.5 Å². The summed E-state index contributed by atoms with van der Waals surface area (Å²) in [6.07, 6.45) is 9.22. The fraction of sp³-hybridized carbons (Fsp3) is 0.765. The second-order valence-corrected chi connectivity index (χ2v) is 7.33. The summed E-state index contributed by atoms with van der Waals surface area (Å²) in [5.41, 5.74) is 1.78. The van der Waals surface area contributed by atoms with E-state index in [4.69, 9.17) is 4.42 Å². The van der Waals surface area contributed by atoms with Gasteiger partial charge in [0.05, 0.1) is 0 Å². The van der Waals surface area contributed by atoms with Crippen LogP contribution in [-0.2, 0) is 6.42 Å². The molecular formula is C17H27NO. The molecule has 0 radical (unpaired) electrons. The van der Waals surface area contributed by atoms with Crippen LogP contribution in [0.4, 0.5) is 0 Å². The molecular weight excluding hydrogens is 234 g/mol. The molecule has 1 heterocycles. The van der Waals surface area contributed by atoms with E-state index in [0.717, 1.165) is 18.2 Å². The van der Waals surface area contributed by atoms with E-state index in [1.807, 2.05) is 0 Å². The van der Waals surface area contributed by atoms with Crippen molar-refractivity contribution in [3.05, 3.63) is 23.2 Å². The largest absolute Gasteiger partial charge is 0.466 e. The van der Waals surface area contributed by atoms with Crippen LogP contribution in [-0.4, -0.2) is 6.04 Å². The van der Waals surface area contributed by atoms with Gasteiger partial charge in [0.2, 0.25) is 0 Å². The predicted molar refractivity (Wildman–Crippen MR) is 78.3 cm³/mol. The van der Waals surface area contributed by atoms with Crippen molar-refractivity contribution in [1.82, 2.24) is 5.32 Å². The van der Waals surface area contributed by atoms with Crippen LogP contribution in [0.1, 0.15) is 75.5 Å². The zero-order valence-electron chi connectivity index (χ0n) is 12.6. The third-order valence-electron chi connectivity index (χ3n) is 4.78. The van der Waals surface area contributed by atoms with Gasteiger partial charge in [-0.15, -0.1) is 0 Å². The van der Waals surface area contributed by atoms with Gasteiger partial charge in [-0.25, -0.2) is 0 Å². The zero-order valence-corrected chi connectivity index (χ0v) is 12.6. The molecule has 2 aliphatic carbocycles. The van der Waals surface area contributed by atoms with E-state index in [1.54, 1.807) is 0 Å². The van der Waals surface area contributed by atoms with Crippen LogP contribution < -0.4 is 5.32 Å². The second kappa shape index (κ2) is 4.97. The van der Waals surface area contributed by atoms with Crippen molar-refractivity contribution < 1.29 is 4.42 Å². The van der Waals surface area contributed by atoms with Gasteiger partial charge in [0.15, 0.2) is 0 Å². The van der Waals surface area contributed by atoms with Gasteiger partial charge in [-0.3, -0.25) is 0 Å². The number of rotatable bonds is 2. The molecule has 1 aromatic heterocycles. The lowest BCUT2D eigenvalue weighted by atomic mass is 9.74. The molecule has 0 aliphatic heterocycles. The van der Waals surface area contributed by atoms with Gasteiger partial charge in [-0.05, 0) is 37.7 Å². The lowest BCUT2D eigenvalue weighted by molar-refractivity contribution is 0.213. The Balaban J connectivity index is 1.79. The Bertz CT molecular complexity index is 440. The maximum atomic E-state index is 5.92. The quantitative estimate of drug-likeness (QED) is 0.846. The number of hydrogen-bond acceptors (Lipinski definition) is 2. The summed E-state index contributed by atoms with van der Waals surface area (Å²) >= 11 is 0. The fourth-order valence-corrected chi connectivity index (χ4v) is 3.89. The maximum Gasteiger partial charge on any atom is 0.109 e. The van der Waals surface area contributed by atoms with E-state index in [-0.39, 0.29) is 0 Å². The third kappa shape index (κ3) is 2.89. The van der Waals surface area contributed by atoms with Crippen molar-refractivity contribution in [3.8, 4) is 0 Å². The summed E-state index contributed by atoms with van der Waals surface area (Å²) in [5.74, 6) is 2.29. The minimum atomic E-state index is 0.351. The normalized spacial score (nSPS) is 27.2. The van der Waals surface area contributed by atoms with E-state index in [2.05, 4.69) is 32.2 Å². The van der Waals surface area contributed by atoms with Crippen LogP contribution in [0, 0.1) is 12.3 Å². The van der Waals surface area contributed by atoms with Crippen molar-refractivity contribution in [2.45, 2.75) is 77.8 Å². The summed E-state index contributed by atoms with van der Waals surface area (Å²) in [4.78, 5) is 0. The summed E-state index contributed by atoms with van der Waals surface area (Å²) in [6, 6.07) is 3.47. The minimum Gasteiger partial charge on any atom is -0.466 e. The van der Waals surface area contributed by atoms with Crippen LogP contribution in [0.15, 0.2) is 10.5 Å². The second-order valence-electron chi connectivity index (χ2n) is 7.33. The number of furan rings is 1. The Morgan fingerprint density at radius 1 is 1.21 bits per heavy atom. The molecule has 0 amide bonds. The van der Waals surface area contributed by atoms with Crippen molar-refractivity contribution in [3.63, 3.8) is 0 Å². The standard InChI is InChI=1S/C17H27NO/c1-12-9-14-15(18-13-7-5-4-6-8-13)10-17(2,3)11-16(14)19-12/h9,13,15,18H,4-8,10-11H2,1-3H3. The molecule has 2 nitrogen and oxygen atoms in total. The van der Waals surface area contributed by atoms with Crippen molar-refractivity contribution in [2.75, 3.05) is 0 Å². The molecule has 2 heteroatoms. The fourth-order valence-electron chi connectivity index (χ4n) is 3.89. The molecule has 1 fully saturated rings. The average molecular weight is 261 g/mol. The number of nitrogens with one attached hydrogen (secondary N) is 1. The topological polar surface area (TPSA) is 25.2 Å².